The number of benzene rings is 1. The van der Waals surface area contributed by atoms with E-state index in [2.05, 4.69) is 10.1 Å². The van der Waals surface area contributed by atoms with E-state index in [1.165, 1.54) is 12.1 Å². The van der Waals surface area contributed by atoms with E-state index < -0.39 is 22.5 Å². The summed E-state index contributed by atoms with van der Waals surface area (Å²) in [6.45, 7) is 0. The van der Waals surface area contributed by atoms with Gasteiger partial charge in [-0.25, -0.2) is 4.79 Å². The summed E-state index contributed by atoms with van der Waals surface area (Å²) >= 11 is 5.58. The molecule has 0 bridgehead atoms. The molecule has 1 amide bonds. The number of ether oxygens (including phenoxy) is 1. The maximum atomic E-state index is 11.2. The summed E-state index contributed by atoms with van der Waals surface area (Å²) in [5.41, 5.74) is -0.537. The first-order valence-electron chi connectivity index (χ1n) is 4.29. The van der Waals surface area contributed by atoms with Gasteiger partial charge >= 0.3 is 11.9 Å². The van der Waals surface area contributed by atoms with Crippen molar-refractivity contribution in [3.63, 3.8) is 0 Å². The minimum absolute atomic E-state index is 0.130. The summed E-state index contributed by atoms with van der Waals surface area (Å²) < 4.78 is 4.16. The molecule has 0 aromatic heterocycles. The van der Waals surface area contributed by atoms with Crippen LogP contribution in [0.5, 0.6) is 0 Å². The highest BCUT2D eigenvalue weighted by molar-refractivity contribution is 6.37. The minimum Gasteiger partial charge on any atom is -0.462 e. The summed E-state index contributed by atoms with van der Waals surface area (Å²) in [6.07, 6.45) is 0. The first kappa shape index (κ1) is 12.9. The number of rotatable bonds is 2. The average molecular weight is 259 g/mol. The Kier molecular flexibility index (Phi) is 4.00. The molecule has 0 saturated heterocycles. The summed E-state index contributed by atoms with van der Waals surface area (Å²) in [4.78, 5) is 31.9. The van der Waals surface area contributed by atoms with Crippen LogP contribution in [-0.4, -0.2) is 23.9 Å². The van der Waals surface area contributed by atoms with Crippen LogP contribution < -0.4 is 5.32 Å². The lowest BCUT2D eigenvalue weighted by molar-refractivity contribution is -0.383. The Hall–Kier alpha value is -2.15. The number of nitro groups is 1. The van der Waals surface area contributed by atoms with Crippen molar-refractivity contribution < 1.29 is 19.2 Å². The standard InChI is InChI=1S/C9H7ClN2O5/c1-17-9(14)8(13)11-6-3-2-5(10)4-7(6)12(15)16/h2-4H,1H3,(H,11,13). The molecule has 17 heavy (non-hydrogen) atoms. The molecule has 0 radical (unpaired) electrons. The van der Waals surface area contributed by atoms with Gasteiger partial charge in [-0.2, -0.15) is 0 Å². The van der Waals surface area contributed by atoms with E-state index in [0.29, 0.717) is 0 Å². The van der Waals surface area contributed by atoms with Gasteiger partial charge in [-0.1, -0.05) is 11.6 Å². The number of nitro benzene ring substituents is 1. The van der Waals surface area contributed by atoms with Gasteiger partial charge in [0.25, 0.3) is 5.69 Å². The van der Waals surface area contributed by atoms with Crippen LogP contribution in [0, 0.1) is 10.1 Å². The Bertz CT molecular complexity index is 488. The number of methoxy groups -OCH3 is 1. The quantitative estimate of drug-likeness (QED) is 0.374. The van der Waals surface area contributed by atoms with Gasteiger partial charge in [0, 0.05) is 11.1 Å². The second-order valence-electron chi connectivity index (χ2n) is 2.86. The Morgan fingerprint density at radius 2 is 2.12 bits per heavy atom. The van der Waals surface area contributed by atoms with E-state index in [4.69, 9.17) is 11.6 Å². The number of hydrogen-bond donors (Lipinski definition) is 1. The largest absolute Gasteiger partial charge is 0.462 e. The zero-order chi connectivity index (χ0) is 13.0. The molecule has 1 aromatic carbocycles. The first-order chi connectivity index (χ1) is 7.95. The van der Waals surface area contributed by atoms with E-state index in [0.717, 1.165) is 13.2 Å². The van der Waals surface area contributed by atoms with Crippen LogP contribution in [0.25, 0.3) is 0 Å². The number of esters is 1. The molecule has 8 heteroatoms. The molecule has 0 atom stereocenters. The maximum Gasteiger partial charge on any atom is 0.396 e. The third-order valence-electron chi connectivity index (χ3n) is 1.78. The molecule has 0 saturated carbocycles. The SMILES string of the molecule is COC(=O)C(=O)Nc1ccc(Cl)cc1[N+](=O)[O-]. The van der Waals surface area contributed by atoms with Crippen molar-refractivity contribution in [1.82, 2.24) is 0 Å². The van der Waals surface area contributed by atoms with E-state index in [9.17, 15) is 19.7 Å². The fourth-order valence-electron chi connectivity index (χ4n) is 1.03. The van der Waals surface area contributed by atoms with Crippen LogP contribution in [0.15, 0.2) is 18.2 Å². The highest BCUT2D eigenvalue weighted by atomic mass is 35.5. The molecular weight excluding hydrogens is 252 g/mol. The molecule has 0 aliphatic carbocycles. The molecule has 0 unspecified atom stereocenters. The van der Waals surface area contributed by atoms with Gasteiger partial charge in [0.15, 0.2) is 0 Å². The third kappa shape index (κ3) is 3.15. The Morgan fingerprint density at radius 1 is 1.47 bits per heavy atom. The number of carbonyl (C=O) groups excluding carboxylic acids is 2. The Labute approximate surface area is 100 Å². The molecule has 1 N–H and O–H groups in total. The van der Waals surface area contributed by atoms with Crippen molar-refractivity contribution in [2.75, 3.05) is 12.4 Å². The number of halogens is 1. The number of anilines is 1. The van der Waals surface area contributed by atoms with Crippen molar-refractivity contribution in [3.8, 4) is 0 Å². The number of amides is 1. The van der Waals surface area contributed by atoms with Crippen LogP contribution in [0.1, 0.15) is 0 Å². The average Bonchev–Trinajstić information content (AvgIpc) is 2.29. The Morgan fingerprint density at radius 3 is 2.65 bits per heavy atom. The van der Waals surface area contributed by atoms with Gasteiger partial charge in [0.05, 0.1) is 12.0 Å². The molecular formula is C9H7ClN2O5. The molecule has 0 fully saturated rings. The summed E-state index contributed by atoms with van der Waals surface area (Å²) in [7, 11) is 1.03. The number of carbonyl (C=O) groups is 2. The summed E-state index contributed by atoms with van der Waals surface area (Å²) in [5.74, 6) is -2.24. The zero-order valence-electron chi connectivity index (χ0n) is 8.60. The zero-order valence-corrected chi connectivity index (χ0v) is 9.35. The molecule has 7 nitrogen and oxygen atoms in total. The first-order valence-corrected chi connectivity index (χ1v) is 4.66. The molecule has 0 spiro atoms. The summed E-state index contributed by atoms with van der Waals surface area (Å²) in [5, 5.41) is 12.9. The molecule has 0 aliphatic rings. The van der Waals surface area contributed by atoms with Gasteiger partial charge < -0.3 is 10.1 Å². The normalized spacial score (nSPS) is 9.53. The maximum absolute atomic E-state index is 11.2. The number of nitrogens with zero attached hydrogens (tertiary/aromatic N) is 1. The van der Waals surface area contributed by atoms with Gasteiger partial charge in [-0.15, -0.1) is 0 Å². The van der Waals surface area contributed by atoms with E-state index in [1.54, 1.807) is 0 Å². The van der Waals surface area contributed by atoms with Crippen molar-refractivity contribution >= 4 is 34.9 Å². The molecule has 1 aromatic rings. The van der Waals surface area contributed by atoms with Crippen molar-refractivity contribution in [2.24, 2.45) is 0 Å². The fraction of sp³-hybridized carbons (Fsp3) is 0.111. The van der Waals surface area contributed by atoms with Crippen molar-refractivity contribution in [1.29, 1.82) is 0 Å². The molecule has 0 aliphatic heterocycles. The van der Waals surface area contributed by atoms with Crippen LogP contribution in [-0.2, 0) is 14.3 Å². The lowest BCUT2D eigenvalue weighted by atomic mass is 10.2. The van der Waals surface area contributed by atoms with E-state index >= 15 is 0 Å². The van der Waals surface area contributed by atoms with Crippen molar-refractivity contribution in [2.45, 2.75) is 0 Å². The predicted molar refractivity (Wildman–Crippen MR) is 58.8 cm³/mol. The minimum atomic E-state index is -1.14. The molecule has 90 valence electrons. The Balaban J connectivity index is 3.02. The number of nitrogens with one attached hydrogen (secondary N) is 1. The van der Waals surface area contributed by atoms with Crippen LogP contribution >= 0.6 is 11.6 Å². The van der Waals surface area contributed by atoms with Crippen LogP contribution in [0.2, 0.25) is 5.02 Å². The van der Waals surface area contributed by atoms with Gasteiger partial charge in [0.2, 0.25) is 0 Å². The fourth-order valence-corrected chi connectivity index (χ4v) is 1.19. The smallest absolute Gasteiger partial charge is 0.396 e. The second kappa shape index (κ2) is 5.26. The predicted octanol–water partition coefficient (Wildman–Crippen LogP) is 1.36. The molecule has 0 heterocycles. The highest BCUT2D eigenvalue weighted by Gasteiger charge is 2.20. The van der Waals surface area contributed by atoms with E-state index in [1.807, 2.05) is 0 Å². The van der Waals surface area contributed by atoms with Crippen molar-refractivity contribution in [3.05, 3.63) is 33.3 Å². The molecule has 1 rings (SSSR count). The van der Waals surface area contributed by atoms with Gasteiger partial charge in [-0.3, -0.25) is 14.9 Å². The third-order valence-corrected chi connectivity index (χ3v) is 2.01. The van der Waals surface area contributed by atoms with Gasteiger partial charge in [0.1, 0.15) is 5.69 Å². The lowest BCUT2D eigenvalue weighted by Gasteiger charge is -2.04. The highest BCUT2D eigenvalue weighted by Crippen LogP contribution is 2.27. The monoisotopic (exact) mass is 258 g/mol. The van der Waals surface area contributed by atoms with E-state index in [-0.39, 0.29) is 10.7 Å². The second-order valence-corrected chi connectivity index (χ2v) is 3.30. The van der Waals surface area contributed by atoms with Gasteiger partial charge in [-0.05, 0) is 12.1 Å². The number of hydrogen-bond acceptors (Lipinski definition) is 5. The summed E-state index contributed by atoms with van der Waals surface area (Å²) in [6, 6.07) is 3.64. The topological polar surface area (TPSA) is 98.5 Å². The lowest BCUT2D eigenvalue weighted by Crippen LogP contribution is -2.24. The van der Waals surface area contributed by atoms with Crippen LogP contribution in [0.4, 0.5) is 11.4 Å². The van der Waals surface area contributed by atoms with Crippen LogP contribution in [0.3, 0.4) is 0 Å².